The normalized spacial score (nSPS) is 10.7. The minimum atomic E-state index is -0.126. The van der Waals surface area contributed by atoms with E-state index in [1.165, 1.54) is 11.3 Å². The Morgan fingerprint density at radius 3 is 3.11 bits per heavy atom. The van der Waals surface area contributed by atoms with Gasteiger partial charge in [-0.3, -0.25) is 9.89 Å². The van der Waals surface area contributed by atoms with Crippen LogP contribution in [0.25, 0.3) is 10.9 Å². The highest BCUT2D eigenvalue weighted by atomic mass is 79.9. The van der Waals surface area contributed by atoms with Gasteiger partial charge in [-0.1, -0.05) is 12.1 Å². The van der Waals surface area contributed by atoms with Gasteiger partial charge in [0.2, 0.25) is 0 Å². The average Bonchev–Trinajstić information content (AvgIpc) is 2.97. The highest BCUT2D eigenvalue weighted by Gasteiger charge is 2.10. The Labute approximate surface area is 115 Å². The molecule has 0 saturated carbocycles. The van der Waals surface area contributed by atoms with Crippen LogP contribution in [-0.4, -0.2) is 16.1 Å². The summed E-state index contributed by atoms with van der Waals surface area (Å²) in [6.07, 6.45) is 1.73. The molecule has 6 heteroatoms. The van der Waals surface area contributed by atoms with Gasteiger partial charge in [0, 0.05) is 10.8 Å². The molecule has 0 radical (unpaired) electrons. The van der Waals surface area contributed by atoms with Gasteiger partial charge >= 0.3 is 0 Å². The number of halogens is 1. The van der Waals surface area contributed by atoms with Crippen LogP contribution < -0.4 is 5.32 Å². The largest absolute Gasteiger partial charge is 0.320 e. The van der Waals surface area contributed by atoms with Crippen molar-refractivity contribution < 1.29 is 4.79 Å². The lowest BCUT2D eigenvalue weighted by Gasteiger charge is -2.04. The summed E-state index contributed by atoms with van der Waals surface area (Å²) in [4.78, 5) is 12.0. The molecule has 0 atom stereocenters. The Morgan fingerprint density at radius 2 is 2.33 bits per heavy atom. The van der Waals surface area contributed by atoms with Crippen LogP contribution in [0.5, 0.6) is 0 Å². The third-order valence-electron chi connectivity index (χ3n) is 2.55. The molecule has 18 heavy (non-hydrogen) atoms. The lowest BCUT2D eigenvalue weighted by molar-refractivity contribution is 0.102. The fourth-order valence-corrected chi connectivity index (χ4v) is 2.83. The van der Waals surface area contributed by atoms with E-state index in [0.29, 0.717) is 5.56 Å². The Morgan fingerprint density at radius 1 is 1.44 bits per heavy atom. The summed E-state index contributed by atoms with van der Waals surface area (Å²) in [5.41, 5.74) is 2.21. The van der Waals surface area contributed by atoms with Crippen LogP contribution in [0.2, 0.25) is 0 Å². The fourth-order valence-electron chi connectivity index (χ4n) is 1.70. The summed E-state index contributed by atoms with van der Waals surface area (Å²) in [5, 5.41) is 12.5. The number of amides is 1. The summed E-state index contributed by atoms with van der Waals surface area (Å²) < 4.78 is 0.937. The lowest BCUT2D eigenvalue weighted by atomic mass is 10.2. The second-order valence-electron chi connectivity index (χ2n) is 3.73. The van der Waals surface area contributed by atoms with Gasteiger partial charge in [-0.25, -0.2) is 0 Å². The molecule has 0 aliphatic rings. The summed E-state index contributed by atoms with van der Waals surface area (Å²) in [6, 6.07) is 7.47. The van der Waals surface area contributed by atoms with E-state index in [-0.39, 0.29) is 5.91 Å². The van der Waals surface area contributed by atoms with Gasteiger partial charge in [0.15, 0.2) is 0 Å². The topological polar surface area (TPSA) is 57.8 Å². The van der Waals surface area contributed by atoms with Gasteiger partial charge in [0.05, 0.1) is 26.8 Å². The number of carbonyl (C=O) groups excluding carboxylic acids is 1. The quantitative estimate of drug-likeness (QED) is 0.757. The smallest absolute Gasteiger partial charge is 0.256 e. The monoisotopic (exact) mass is 321 g/mol. The number of aromatic nitrogens is 2. The second-order valence-corrected chi connectivity index (χ2v) is 6.02. The highest BCUT2D eigenvalue weighted by molar-refractivity contribution is 9.11. The third kappa shape index (κ3) is 2.04. The Kier molecular flexibility index (Phi) is 2.89. The number of hydrogen-bond donors (Lipinski definition) is 2. The molecule has 0 bridgehead atoms. The molecule has 4 nitrogen and oxygen atoms in total. The molecular weight excluding hydrogens is 314 g/mol. The molecule has 0 fully saturated rings. The first-order valence-electron chi connectivity index (χ1n) is 5.21. The number of rotatable bonds is 2. The van der Waals surface area contributed by atoms with Gasteiger partial charge in [-0.2, -0.15) is 5.10 Å². The Hall–Kier alpha value is -1.66. The molecule has 0 aliphatic carbocycles. The van der Waals surface area contributed by atoms with Crippen LogP contribution in [0, 0.1) is 0 Å². The molecule has 0 saturated heterocycles. The number of thiophene rings is 1. The predicted molar refractivity (Wildman–Crippen MR) is 76.1 cm³/mol. The molecule has 2 N–H and O–H groups in total. The van der Waals surface area contributed by atoms with E-state index in [4.69, 9.17) is 0 Å². The van der Waals surface area contributed by atoms with E-state index in [9.17, 15) is 4.79 Å². The van der Waals surface area contributed by atoms with E-state index in [0.717, 1.165) is 20.4 Å². The minimum absolute atomic E-state index is 0.126. The molecule has 2 aromatic heterocycles. The maximum absolute atomic E-state index is 12.0. The molecule has 90 valence electrons. The molecule has 0 aliphatic heterocycles. The molecule has 1 aromatic carbocycles. The number of H-pyrrole nitrogens is 1. The molecule has 0 unspecified atom stereocenters. The van der Waals surface area contributed by atoms with Crippen molar-refractivity contribution in [3.05, 3.63) is 45.2 Å². The zero-order valence-electron chi connectivity index (χ0n) is 9.11. The maximum atomic E-state index is 12.0. The first kappa shape index (κ1) is 11.4. The fraction of sp³-hybridized carbons (Fsp3) is 0. The van der Waals surface area contributed by atoms with Gasteiger partial charge in [0.1, 0.15) is 0 Å². The first-order chi connectivity index (χ1) is 8.74. The minimum Gasteiger partial charge on any atom is -0.320 e. The van der Waals surface area contributed by atoms with Crippen molar-refractivity contribution in [1.29, 1.82) is 0 Å². The van der Waals surface area contributed by atoms with Crippen molar-refractivity contribution >= 4 is 49.8 Å². The standard InChI is InChI=1S/C12H8BrN3OS/c13-10-4-8(6-18-10)12(17)15-9-3-1-2-7-5-14-16-11(7)9/h1-6H,(H,14,16)(H,15,17). The van der Waals surface area contributed by atoms with E-state index in [1.54, 1.807) is 12.3 Å². The Balaban J connectivity index is 1.92. The highest BCUT2D eigenvalue weighted by Crippen LogP contribution is 2.24. The van der Waals surface area contributed by atoms with Crippen molar-refractivity contribution in [1.82, 2.24) is 10.2 Å². The van der Waals surface area contributed by atoms with Crippen LogP contribution in [0.4, 0.5) is 5.69 Å². The van der Waals surface area contributed by atoms with Gasteiger partial charge in [-0.15, -0.1) is 11.3 Å². The van der Waals surface area contributed by atoms with Gasteiger partial charge in [-0.05, 0) is 28.1 Å². The zero-order valence-corrected chi connectivity index (χ0v) is 11.5. The number of nitrogens with one attached hydrogen (secondary N) is 2. The number of aromatic amines is 1. The van der Waals surface area contributed by atoms with E-state index >= 15 is 0 Å². The third-order valence-corrected chi connectivity index (χ3v) is 4.06. The zero-order chi connectivity index (χ0) is 12.5. The van der Waals surface area contributed by atoms with Crippen LogP contribution >= 0.6 is 27.3 Å². The van der Waals surface area contributed by atoms with Crippen molar-refractivity contribution in [2.45, 2.75) is 0 Å². The SMILES string of the molecule is O=C(Nc1cccc2cn[nH]c12)c1csc(Br)c1. The molecule has 0 spiro atoms. The van der Waals surface area contributed by atoms with Gasteiger partial charge < -0.3 is 5.32 Å². The first-order valence-corrected chi connectivity index (χ1v) is 6.89. The molecule has 3 aromatic rings. The van der Waals surface area contributed by atoms with Crippen LogP contribution in [0.1, 0.15) is 10.4 Å². The lowest BCUT2D eigenvalue weighted by Crippen LogP contribution is -2.11. The van der Waals surface area contributed by atoms with Crippen molar-refractivity contribution in [2.75, 3.05) is 5.32 Å². The van der Waals surface area contributed by atoms with Crippen molar-refractivity contribution in [3.8, 4) is 0 Å². The predicted octanol–water partition coefficient (Wildman–Crippen LogP) is 3.64. The number of fused-ring (bicyclic) bond motifs is 1. The summed E-state index contributed by atoms with van der Waals surface area (Å²) >= 11 is 4.83. The van der Waals surface area contributed by atoms with Crippen molar-refractivity contribution in [3.63, 3.8) is 0 Å². The number of nitrogens with zero attached hydrogens (tertiary/aromatic N) is 1. The number of benzene rings is 1. The number of anilines is 1. The van der Waals surface area contributed by atoms with E-state index < -0.39 is 0 Å². The van der Waals surface area contributed by atoms with Crippen LogP contribution in [0.3, 0.4) is 0 Å². The number of para-hydroxylation sites is 1. The summed E-state index contributed by atoms with van der Waals surface area (Å²) in [6.45, 7) is 0. The van der Waals surface area contributed by atoms with Crippen LogP contribution in [0.15, 0.2) is 39.6 Å². The second kappa shape index (κ2) is 4.55. The summed E-state index contributed by atoms with van der Waals surface area (Å²) in [5.74, 6) is -0.126. The van der Waals surface area contributed by atoms with Gasteiger partial charge in [0.25, 0.3) is 5.91 Å². The Bertz CT molecular complexity index is 719. The molecular formula is C12H8BrN3OS. The summed E-state index contributed by atoms with van der Waals surface area (Å²) in [7, 11) is 0. The van der Waals surface area contributed by atoms with Crippen LogP contribution in [-0.2, 0) is 0 Å². The molecule has 3 rings (SSSR count). The van der Waals surface area contributed by atoms with Crippen molar-refractivity contribution in [2.24, 2.45) is 0 Å². The maximum Gasteiger partial charge on any atom is 0.256 e. The van der Waals surface area contributed by atoms with E-state index in [1.807, 2.05) is 23.6 Å². The average molecular weight is 322 g/mol. The molecule has 1 amide bonds. The van der Waals surface area contributed by atoms with E-state index in [2.05, 4.69) is 31.4 Å². The number of carbonyl (C=O) groups is 1. The number of hydrogen-bond acceptors (Lipinski definition) is 3. The molecule has 2 heterocycles.